The fourth-order valence-corrected chi connectivity index (χ4v) is 2.72. The van der Waals surface area contributed by atoms with Gasteiger partial charge in [-0.3, -0.25) is 19.4 Å². The van der Waals surface area contributed by atoms with Gasteiger partial charge in [0.15, 0.2) is 5.96 Å². The number of amides is 3. The Morgan fingerprint density at radius 1 is 1.00 bits per heavy atom. The molecule has 33 heavy (non-hydrogen) atoms. The van der Waals surface area contributed by atoms with Crippen LogP contribution < -0.4 is 33.2 Å². The number of benzene rings is 1. The summed E-state index contributed by atoms with van der Waals surface area (Å²) in [4.78, 5) is 52.1. The third kappa shape index (κ3) is 10.9. The standard InChI is InChI=1S/C20H31N7O6/c21-13(11-28)17(30)25-10-16(29)26-15(9-12-5-2-1-3-6-12)18(31)27-14(19(32)33)7-4-8-24-20(22)23/h1-3,5-6,13-15,28H,4,7-11,21H2,(H,25,30)(H,26,29)(H,27,31)(H,32,33)(H4,22,23,24)/t13-,14-,15-/m0/s1. The normalized spacial score (nSPS) is 13.2. The summed E-state index contributed by atoms with van der Waals surface area (Å²) in [5.41, 5.74) is 16.6. The summed E-state index contributed by atoms with van der Waals surface area (Å²) in [5, 5.41) is 25.5. The van der Waals surface area contributed by atoms with E-state index in [1.165, 1.54) is 0 Å². The van der Waals surface area contributed by atoms with E-state index in [4.69, 9.17) is 22.3 Å². The second-order valence-corrected chi connectivity index (χ2v) is 7.16. The van der Waals surface area contributed by atoms with Gasteiger partial charge < -0.3 is 43.4 Å². The molecule has 0 bridgehead atoms. The zero-order valence-electron chi connectivity index (χ0n) is 18.1. The van der Waals surface area contributed by atoms with Crippen molar-refractivity contribution in [1.29, 1.82) is 0 Å². The number of aliphatic hydroxyl groups is 1. The average molecular weight is 466 g/mol. The molecule has 13 heteroatoms. The van der Waals surface area contributed by atoms with Crippen molar-refractivity contribution in [2.45, 2.75) is 37.4 Å². The number of aliphatic hydroxyl groups excluding tert-OH is 1. The van der Waals surface area contributed by atoms with Crippen molar-refractivity contribution < 1.29 is 29.4 Å². The maximum atomic E-state index is 12.8. The fraction of sp³-hybridized carbons (Fsp3) is 0.450. The van der Waals surface area contributed by atoms with E-state index in [1.54, 1.807) is 30.3 Å². The molecule has 0 unspecified atom stereocenters. The fourth-order valence-electron chi connectivity index (χ4n) is 2.72. The molecule has 0 aromatic heterocycles. The third-order valence-electron chi connectivity index (χ3n) is 4.45. The number of hydrogen-bond donors (Lipinski definition) is 8. The number of nitrogens with one attached hydrogen (secondary N) is 3. The van der Waals surface area contributed by atoms with Crippen LogP contribution in [0.15, 0.2) is 35.3 Å². The molecule has 0 heterocycles. The number of hydrogen-bond acceptors (Lipinski definition) is 7. The van der Waals surface area contributed by atoms with Crippen molar-refractivity contribution in [3.63, 3.8) is 0 Å². The summed E-state index contributed by atoms with van der Waals surface area (Å²) >= 11 is 0. The van der Waals surface area contributed by atoms with E-state index in [-0.39, 0.29) is 25.3 Å². The second kappa shape index (κ2) is 14.4. The first-order valence-corrected chi connectivity index (χ1v) is 10.2. The summed E-state index contributed by atoms with van der Waals surface area (Å²) in [6, 6.07) is 5.28. The first kappa shape index (κ1) is 27.3. The largest absolute Gasteiger partial charge is 0.480 e. The monoisotopic (exact) mass is 465 g/mol. The van der Waals surface area contributed by atoms with Crippen LogP contribution in [0.1, 0.15) is 18.4 Å². The van der Waals surface area contributed by atoms with E-state index in [0.29, 0.717) is 6.42 Å². The van der Waals surface area contributed by atoms with Crippen LogP contribution in [0.2, 0.25) is 0 Å². The summed E-state index contributed by atoms with van der Waals surface area (Å²) in [6.45, 7) is -0.875. The first-order valence-electron chi connectivity index (χ1n) is 10.2. The highest BCUT2D eigenvalue weighted by Gasteiger charge is 2.27. The van der Waals surface area contributed by atoms with Crippen LogP contribution in [-0.4, -0.2) is 77.7 Å². The molecule has 0 aliphatic carbocycles. The number of carboxylic acid groups (broad SMARTS) is 1. The van der Waals surface area contributed by atoms with E-state index in [0.717, 1.165) is 5.56 Å². The van der Waals surface area contributed by atoms with Crippen LogP contribution in [0.3, 0.4) is 0 Å². The van der Waals surface area contributed by atoms with Gasteiger partial charge in [0.2, 0.25) is 17.7 Å². The van der Waals surface area contributed by atoms with Crippen molar-refractivity contribution in [1.82, 2.24) is 16.0 Å². The molecule has 1 aromatic carbocycles. The van der Waals surface area contributed by atoms with Gasteiger partial charge in [-0.25, -0.2) is 4.79 Å². The lowest BCUT2D eigenvalue weighted by Gasteiger charge is -2.22. The lowest BCUT2D eigenvalue weighted by Crippen LogP contribution is -2.54. The van der Waals surface area contributed by atoms with Gasteiger partial charge in [0.05, 0.1) is 13.2 Å². The minimum Gasteiger partial charge on any atom is -0.480 e. The van der Waals surface area contributed by atoms with Crippen molar-refractivity contribution in [3.05, 3.63) is 35.9 Å². The van der Waals surface area contributed by atoms with Crippen molar-refractivity contribution in [3.8, 4) is 0 Å². The second-order valence-electron chi connectivity index (χ2n) is 7.16. The minimum absolute atomic E-state index is 0.0684. The summed E-state index contributed by atoms with van der Waals surface area (Å²) in [7, 11) is 0. The molecule has 0 aliphatic heterocycles. The Kier molecular flexibility index (Phi) is 11.9. The van der Waals surface area contributed by atoms with Gasteiger partial charge in [0.1, 0.15) is 18.1 Å². The van der Waals surface area contributed by atoms with Crippen LogP contribution in [0.4, 0.5) is 0 Å². The van der Waals surface area contributed by atoms with Crippen molar-refractivity contribution in [2.75, 3.05) is 19.7 Å². The maximum absolute atomic E-state index is 12.8. The number of carbonyl (C=O) groups excluding carboxylic acids is 3. The summed E-state index contributed by atoms with van der Waals surface area (Å²) < 4.78 is 0. The van der Waals surface area contributed by atoms with Crippen LogP contribution in [-0.2, 0) is 25.6 Å². The van der Waals surface area contributed by atoms with E-state index in [9.17, 15) is 24.3 Å². The highest BCUT2D eigenvalue weighted by Crippen LogP contribution is 2.06. The third-order valence-corrected chi connectivity index (χ3v) is 4.45. The van der Waals surface area contributed by atoms with Gasteiger partial charge in [-0.15, -0.1) is 0 Å². The number of carboxylic acids is 1. The van der Waals surface area contributed by atoms with Gasteiger partial charge in [-0.05, 0) is 18.4 Å². The van der Waals surface area contributed by atoms with Crippen LogP contribution in [0, 0.1) is 0 Å². The smallest absolute Gasteiger partial charge is 0.326 e. The number of nitrogens with two attached hydrogens (primary N) is 3. The molecular weight excluding hydrogens is 434 g/mol. The summed E-state index contributed by atoms with van der Waals surface area (Å²) in [6.07, 6.45) is 0.462. The van der Waals surface area contributed by atoms with Gasteiger partial charge >= 0.3 is 5.97 Å². The quantitative estimate of drug-likeness (QED) is 0.0782. The van der Waals surface area contributed by atoms with Gasteiger partial charge in [-0.2, -0.15) is 0 Å². The summed E-state index contributed by atoms with van der Waals surface area (Å²) in [5.74, 6) is -3.50. The lowest BCUT2D eigenvalue weighted by atomic mass is 10.0. The molecule has 0 spiro atoms. The zero-order chi connectivity index (χ0) is 24.8. The average Bonchev–Trinajstić information content (AvgIpc) is 2.78. The van der Waals surface area contributed by atoms with Crippen molar-refractivity contribution >= 4 is 29.7 Å². The number of guanidine groups is 1. The number of aliphatic carboxylic acids is 1. The lowest BCUT2D eigenvalue weighted by molar-refractivity contribution is -0.142. The Morgan fingerprint density at radius 2 is 1.67 bits per heavy atom. The Labute approximate surface area is 190 Å². The Bertz CT molecular complexity index is 829. The van der Waals surface area contributed by atoms with Crippen LogP contribution in [0.5, 0.6) is 0 Å². The van der Waals surface area contributed by atoms with Gasteiger partial charge in [0, 0.05) is 13.0 Å². The molecule has 0 fully saturated rings. The molecule has 0 saturated heterocycles. The predicted octanol–water partition coefficient (Wildman–Crippen LogP) is -3.23. The molecule has 0 saturated carbocycles. The highest BCUT2D eigenvalue weighted by atomic mass is 16.4. The predicted molar refractivity (Wildman–Crippen MR) is 120 cm³/mol. The van der Waals surface area contributed by atoms with Gasteiger partial charge in [0.25, 0.3) is 0 Å². The molecule has 0 aliphatic rings. The van der Waals surface area contributed by atoms with Crippen molar-refractivity contribution in [2.24, 2.45) is 22.2 Å². The molecule has 13 nitrogen and oxygen atoms in total. The number of aliphatic imine (C=N–C) groups is 1. The molecule has 3 atom stereocenters. The Balaban J connectivity index is 2.83. The van der Waals surface area contributed by atoms with Gasteiger partial charge in [-0.1, -0.05) is 30.3 Å². The molecule has 1 aromatic rings. The Morgan fingerprint density at radius 3 is 2.24 bits per heavy atom. The first-order chi connectivity index (χ1) is 15.6. The van der Waals surface area contributed by atoms with E-state index in [1.807, 2.05) is 0 Å². The van der Waals surface area contributed by atoms with E-state index < -0.39 is 55.0 Å². The number of rotatable bonds is 14. The molecule has 3 amide bonds. The number of nitrogens with zero attached hydrogens (tertiary/aromatic N) is 1. The molecule has 11 N–H and O–H groups in total. The topological polar surface area (TPSA) is 235 Å². The Hall–Kier alpha value is -3.71. The SMILES string of the molecule is NC(N)=NCCC[C@H](NC(=O)[C@H](Cc1ccccc1)NC(=O)CNC(=O)[C@@H](N)CO)C(=O)O. The zero-order valence-corrected chi connectivity index (χ0v) is 18.1. The minimum atomic E-state index is -1.25. The van der Waals surface area contributed by atoms with E-state index in [2.05, 4.69) is 20.9 Å². The molecule has 1 rings (SSSR count). The highest BCUT2D eigenvalue weighted by molar-refractivity contribution is 5.92. The van der Waals surface area contributed by atoms with Crippen LogP contribution in [0.25, 0.3) is 0 Å². The number of carbonyl (C=O) groups is 4. The molecule has 0 radical (unpaired) electrons. The van der Waals surface area contributed by atoms with Crippen LogP contribution >= 0.6 is 0 Å². The maximum Gasteiger partial charge on any atom is 0.326 e. The van der Waals surface area contributed by atoms with E-state index >= 15 is 0 Å². The molecular formula is C20H31N7O6. The molecule has 182 valence electrons.